The quantitative estimate of drug-likeness (QED) is 0.452. The average molecular weight is 237 g/mol. The van der Waals surface area contributed by atoms with Gasteiger partial charge >= 0.3 is 0 Å². The summed E-state index contributed by atoms with van der Waals surface area (Å²) in [6, 6.07) is 3.88. The lowest BCUT2D eigenvalue weighted by Crippen LogP contribution is -2.32. The van der Waals surface area contributed by atoms with Crippen molar-refractivity contribution in [1.29, 1.82) is 0 Å². The van der Waals surface area contributed by atoms with Crippen LogP contribution in [0.4, 0.5) is 0 Å². The average Bonchev–Trinajstić information content (AvgIpc) is 2.67. The zero-order valence-electron chi connectivity index (χ0n) is 11.0. The smallest absolute Gasteiger partial charge is 0.281 e. The Bertz CT molecular complexity index is 369. The minimum Gasteiger partial charge on any atom is -0.341 e. The van der Waals surface area contributed by atoms with E-state index in [1.807, 2.05) is 12.1 Å². The molecule has 0 radical (unpaired) electrons. The summed E-state index contributed by atoms with van der Waals surface area (Å²) in [5.74, 6) is 5.57. The first-order valence-corrected chi connectivity index (χ1v) is 6.29. The Balaban J connectivity index is 2.97. The van der Waals surface area contributed by atoms with Crippen molar-refractivity contribution < 1.29 is 4.79 Å². The van der Waals surface area contributed by atoms with E-state index in [1.165, 1.54) is 5.69 Å². The zero-order valence-corrected chi connectivity index (χ0v) is 11.0. The molecule has 0 atom stereocenters. The third-order valence-corrected chi connectivity index (χ3v) is 2.79. The molecule has 17 heavy (non-hydrogen) atoms. The Morgan fingerprint density at radius 2 is 2.18 bits per heavy atom. The monoisotopic (exact) mass is 237 g/mol. The molecule has 1 heterocycles. The molecule has 0 saturated heterocycles. The molecule has 1 aromatic heterocycles. The van der Waals surface area contributed by atoms with Gasteiger partial charge in [0.2, 0.25) is 0 Å². The van der Waals surface area contributed by atoms with Crippen molar-refractivity contribution in [3.05, 3.63) is 23.5 Å². The Morgan fingerprint density at radius 1 is 1.47 bits per heavy atom. The highest BCUT2D eigenvalue weighted by atomic mass is 16.2. The van der Waals surface area contributed by atoms with Gasteiger partial charge in [0.15, 0.2) is 0 Å². The molecule has 96 valence electrons. The van der Waals surface area contributed by atoms with Crippen LogP contribution in [0, 0.1) is 5.92 Å². The summed E-state index contributed by atoms with van der Waals surface area (Å²) in [6.07, 6.45) is 3.18. The molecule has 4 heteroatoms. The summed E-state index contributed by atoms with van der Waals surface area (Å²) in [5, 5.41) is 0. The van der Waals surface area contributed by atoms with Crippen LogP contribution in [0.2, 0.25) is 0 Å². The molecule has 0 aliphatic heterocycles. The molecule has 0 spiro atoms. The molecule has 4 nitrogen and oxygen atoms in total. The number of nitrogens with one attached hydrogen (secondary N) is 1. The van der Waals surface area contributed by atoms with Crippen molar-refractivity contribution in [2.24, 2.45) is 11.8 Å². The number of hydrogen-bond donors (Lipinski definition) is 2. The molecular weight excluding hydrogens is 214 g/mol. The van der Waals surface area contributed by atoms with E-state index in [9.17, 15) is 4.79 Å². The molecule has 0 aliphatic carbocycles. The summed E-state index contributed by atoms with van der Waals surface area (Å²) in [5.41, 5.74) is 4.08. The van der Waals surface area contributed by atoms with Crippen LogP contribution >= 0.6 is 0 Å². The van der Waals surface area contributed by atoms with Gasteiger partial charge in [0.05, 0.1) is 0 Å². The van der Waals surface area contributed by atoms with Gasteiger partial charge in [-0.15, -0.1) is 0 Å². The second-order valence-electron chi connectivity index (χ2n) is 4.79. The predicted molar refractivity (Wildman–Crippen MR) is 69.5 cm³/mol. The topological polar surface area (TPSA) is 60.0 Å². The van der Waals surface area contributed by atoms with Crippen LogP contribution in [0.3, 0.4) is 0 Å². The number of nitrogens with two attached hydrogens (primary N) is 1. The van der Waals surface area contributed by atoms with Gasteiger partial charge in [-0.25, -0.2) is 5.84 Å². The number of hydrazine groups is 1. The fourth-order valence-corrected chi connectivity index (χ4v) is 1.96. The Morgan fingerprint density at radius 3 is 2.71 bits per heavy atom. The highest BCUT2D eigenvalue weighted by Crippen LogP contribution is 2.15. The number of unbranched alkanes of at least 4 members (excludes halogenated alkanes) is 1. The van der Waals surface area contributed by atoms with Crippen molar-refractivity contribution in [3.8, 4) is 0 Å². The van der Waals surface area contributed by atoms with Crippen LogP contribution in [-0.4, -0.2) is 10.5 Å². The Kier molecular flexibility index (Phi) is 5.22. The van der Waals surface area contributed by atoms with Crippen molar-refractivity contribution in [2.45, 2.75) is 46.6 Å². The maximum atomic E-state index is 11.6. The number of nitrogen functional groups attached to an aromatic ring is 1. The lowest BCUT2D eigenvalue weighted by atomic mass is 10.1. The largest absolute Gasteiger partial charge is 0.341 e. The second-order valence-corrected chi connectivity index (χ2v) is 4.79. The molecule has 0 fully saturated rings. The molecule has 0 bridgehead atoms. The van der Waals surface area contributed by atoms with E-state index in [4.69, 9.17) is 5.84 Å². The number of carbonyl (C=O) groups excluding carboxylic acids is 1. The minimum absolute atomic E-state index is 0.212. The fourth-order valence-electron chi connectivity index (χ4n) is 1.96. The molecule has 0 unspecified atom stereocenters. The number of aromatic nitrogens is 1. The maximum absolute atomic E-state index is 11.6. The molecular formula is C13H23N3O. The maximum Gasteiger partial charge on any atom is 0.281 e. The fraction of sp³-hybridized carbons (Fsp3) is 0.615. The van der Waals surface area contributed by atoms with Crippen molar-refractivity contribution in [1.82, 2.24) is 9.99 Å². The van der Waals surface area contributed by atoms with E-state index >= 15 is 0 Å². The number of hydrogen-bond acceptors (Lipinski definition) is 2. The first kappa shape index (κ1) is 13.8. The molecule has 0 saturated carbocycles. The number of rotatable bonds is 6. The molecule has 3 N–H and O–H groups in total. The van der Waals surface area contributed by atoms with Gasteiger partial charge < -0.3 is 4.57 Å². The van der Waals surface area contributed by atoms with Crippen LogP contribution in [0.25, 0.3) is 0 Å². The lowest BCUT2D eigenvalue weighted by molar-refractivity contribution is 0.0943. The van der Waals surface area contributed by atoms with Crippen LogP contribution in [0.1, 0.15) is 49.8 Å². The van der Waals surface area contributed by atoms with Crippen LogP contribution in [-0.2, 0) is 13.0 Å². The summed E-state index contributed by atoms with van der Waals surface area (Å²) in [6.45, 7) is 7.39. The van der Waals surface area contributed by atoms with Gasteiger partial charge in [0.1, 0.15) is 5.69 Å². The van der Waals surface area contributed by atoms with E-state index in [0.717, 1.165) is 25.8 Å². The third-order valence-electron chi connectivity index (χ3n) is 2.79. The summed E-state index contributed by atoms with van der Waals surface area (Å²) < 4.78 is 2.09. The number of nitrogens with zero attached hydrogens (tertiary/aromatic N) is 1. The van der Waals surface area contributed by atoms with E-state index < -0.39 is 0 Å². The third kappa shape index (κ3) is 3.60. The van der Waals surface area contributed by atoms with Gasteiger partial charge in [-0.2, -0.15) is 0 Å². The van der Waals surface area contributed by atoms with Gasteiger partial charge in [0.25, 0.3) is 5.91 Å². The predicted octanol–water partition coefficient (Wildman–Crippen LogP) is 2.09. The lowest BCUT2D eigenvalue weighted by Gasteiger charge is -2.13. The van der Waals surface area contributed by atoms with Crippen LogP contribution < -0.4 is 11.3 Å². The van der Waals surface area contributed by atoms with Gasteiger partial charge in [-0.3, -0.25) is 10.2 Å². The van der Waals surface area contributed by atoms with E-state index in [1.54, 1.807) is 0 Å². The van der Waals surface area contributed by atoms with Crippen molar-refractivity contribution >= 4 is 5.91 Å². The van der Waals surface area contributed by atoms with Gasteiger partial charge in [0, 0.05) is 12.2 Å². The Labute approximate surface area is 103 Å². The van der Waals surface area contributed by atoms with Crippen molar-refractivity contribution in [2.75, 3.05) is 0 Å². The highest BCUT2D eigenvalue weighted by molar-refractivity contribution is 5.92. The first-order chi connectivity index (χ1) is 8.10. The summed E-state index contributed by atoms with van der Waals surface area (Å²) in [4.78, 5) is 11.6. The second kappa shape index (κ2) is 6.45. The number of carbonyl (C=O) groups is 1. The number of amides is 1. The summed E-state index contributed by atoms with van der Waals surface area (Å²) >= 11 is 0. The Hall–Kier alpha value is -1.29. The minimum atomic E-state index is -0.212. The SMILES string of the molecule is CCCCn1c(CC(C)C)ccc1C(=O)NN. The summed E-state index contributed by atoms with van der Waals surface area (Å²) in [7, 11) is 0. The van der Waals surface area contributed by atoms with E-state index in [2.05, 4.69) is 30.8 Å². The molecule has 1 amide bonds. The molecule has 1 aromatic rings. The highest BCUT2D eigenvalue weighted by Gasteiger charge is 2.14. The van der Waals surface area contributed by atoms with Gasteiger partial charge in [-0.1, -0.05) is 27.2 Å². The standard InChI is InChI=1S/C13H23N3O/c1-4-5-8-16-11(9-10(2)3)6-7-12(16)13(17)15-14/h6-7,10H,4-5,8-9,14H2,1-3H3,(H,15,17). The zero-order chi connectivity index (χ0) is 12.8. The van der Waals surface area contributed by atoms with Crippen LogP contribution in [0.15, 0.2) is 12.1 Å². The molecule has 0 aliphatic rings. The van der Waals surface area contributed by atoms with Gasteiger partial charge in [-0.05, 0) is 30.9 Å². The molecule has 0 aromatic carbocycles. The van der Waals surface area contributed by atoms with Crippen LogP contribution in [0.5, 0.6) is 0 Å². The first-order valence-electron chi connectivity index (χ1n) is 6.29. The molecule has 1 rings (SSSR count). The normalized spacial score (nSPS) is 10.9. The van der Waals surface area contributed by atoms with E-state index in [0.29, 0.717) is 11.6 Å². The van der Waals surface area contributed by atoms with Crippen molar-refractivity contribution in [3.63, 3.8) is 0 Å². The van der Waals surface area contributed by atoms with E-state index in [-0.39, 0.29) is 5.91 Å².